The maximum atomic E-state index is 12.7. The Kier molecular flexibility index (Phi) is 4.36. The van der Waals surface area contributed by atoms with Gasteiger partial charge in [-0.25, -0.2) is 0 Å². The molecule has 0 aliphatic rings. The molecule has 3 rings (SSSR count). The van der Waals surface area contributed by atoms with Gasteiger partial charge in [0.25, 0.3) is 0 Å². The smallest absolute Gasteiger partial charge is 0.423 e. The molecule has 0 fully saturated rings. The van der Waals surface area contributed by atoms with Gasteiger partial charge in [0, 0.05) is 24.4 Å². The fraction of sp³-hybridized carbons (Fsp3) is 0.467. The van der Waals surface area contributed by atoms with Crippen LogP contribution in [-0.2, 0) is 25.7 Å². The van der Waals surface area contributed by atoms with E-state index in [-0.39, 0.29) is 12.4 Å². The predicted octanol–water partition coefficient (Wildman–Crippen LogP) is 2.70. The van der Waals surface area contributed by atoms with Gasteiger partial charge in [-0.15, -0.1) is 10.2 Å². The zero-order valence-electron chi connectivity index (χ0n) is 14.0. The average Bonchev–Trinajstić information content (AvgIpc) is 3.18. The van der Waals surface area contributed by atoms with Crippen molar-refractivity contribution in [3.8, 4) is 0 Å². The Bertz CT molecular complexity index is 876. The van der Waals surface area contributed by atoms with Crippen LogP contribution < -0.4 is 0 Å². The Hall–Kier alpha value is -2.65. The van der Waals surface area contributed by atoms with Crippen molar-refractivity contribution in [3.05, 3.63) is 46.7 Å². The average molecular weight is 354 g/mol. The minimum absolute atomic E-state index is 0.00514. The maximum Gasteiger partial charge on any atom is 0.435 e. The third-order valence-corrected chi connectivity index (χ3v) is 3.71. The highest BCUT2D eigenvalue weighted by atomic mass is 19.4. The lowest BCUT2D eigenvalue weighted by Crippen LogP contribution is -2.09. The number of aryl methyl sites for hydroxylation is 5. The largest absolute Gasteiger partial charge is 0.435 e. The molecule has 0 aliphatic heterocycles. The maximum absolute atomic E-state index is 12.7. The molecule has 3 heterocycles. The van der Waals surface area contributed by atoms with Crippen molar-refractivity contribution in [2.75, 3.05) is 0 Å². The Morgan fingerprint density at radius 2 is 1.64 bits per heavy atom. The SMILES string of the molecule is Cc1cc(C)n(CCc2nnc(Cn3nc(C(F)(F)F)cc3C)o2)n1. The Labute approximate surface area is 141 Å². The molecule has 0 aliphatic carbocycles. The highest BCUT2D eigenvalue weighted by Crippen LogP contribution is 2.28. The second kappa shape index (κ2) is 6.34. The van der Waals surface area contributed by atoms with Gasteiger partial charge in [-0.1, -0.05) is 0 Å². The van der Waals surface area contributed by atoms with Crippen molar-refractivity contribution in [2.45, 2.75) is 46.5 Å². The number of hydrogen-bond donors (Lipinski definition) is 0. The number of rotatable bonds is 5. The Morgan fingerprint density at radius 3 is 2.24 bits per heavy atom. The molecule has 0 saturated carbocycles. The first-order valence-corrected chi connectivity index (χ1v) is 7.66. The minimum Gasteiger partial charge on any atom is -0.423 e. The van der Waals surface area contributed by atoms with Crippen LogP contribution in [0.1, 0.15) is 34.6 Å². The van der Waals surface area contributed by atoms with E-state index in [4.69, 9.17) is 4.42 Å². The topological polar surface area (TPSA) is 74.6 Å². The number of hydrogen-bond acceptors (Lipinski definition) is 5. The quantitative estimate of drug-likeness (QED) is 0.704. The summed E-state index contributed by atoms with van der Waals surface area (Å²) in [5.41, 5.74) is 1.39. The predicted molar refractivity (Wildman–Crippen MR) is 80.8 cm³/mol. The van der Waals surface area contributed by atoms with Gasteiger partial charge in [-0.2, -0.15) is 23.4 Å². The van der Waals surface area contributed by atoms with Crippen molar-refractivity contribution < 1.29 is 17.6 Å². The molecule has 10 heteroatoms. The van der Waals surface area contributed by atoms with Gasteiger partial charge in [-0.05, 0) is 32.9 Å². The van der Waals surface area contributed by atoms with E-state index >= 15 is 0 Å². The molecule has 0 spiro atoms. The number of nitrogens with zero attached hydrogens (tertiary/aromatic N) is 6. The standard InChI is InChI=1S/C15H17F3N6O/c1-9-6-10(2)23(21-9)5-4-13-19-20-14(25-13)8-24-11(3)7-12(22-24)15(16,17)18/h6-7H,4-5,8H2,1-3H3. The molecule has 0 bridgehead atoms. The second-order valence-corrected chi connectivity index (χ2v) is 5.82. The molecular formula is C15H17F3N6O. The van der Waals surface area contributed by atoms with Gasteiger partial charge in [0.05, 0.1) is 5.69 Å². The van der Waals surface area contributed by atoms with Crippen LogP contribution in [0.3, 0.4) is 0 Å². The second-order valence-electron chi connectivity index (χ2n) is 5.82. The van der Waals surface area contributed by atoms with Gasteiger partial charge in [0.15, 0.2) is 5.69 Å². The molecule has 7 nitrogen and oxygen atoms in total. The van der Waals surface area contributed by atoms with Gasteiger partial charge >= 0.3 is 6.18 Å². The third kappa shape index (κ3) is 3.89. The van der Waals surface area contributed by atoms with E-state index in [1.165, 1.54) is 4.68 Å². The van der Waals surface area contributed by atoms with E-state index < -0.39 is 11.9 Å². The third-order valence-electron chi connectivity index (χ3n) is 3.71. The van der Waals surface area contributed by atoms with Crippen molar-refractivity contribution in [2.24, 2.45) is 0 Å². The summed E-state index contributed by atoms with van der Waals surface area (Å²) in [7, 11) is 0. The zero-order valence-corrected chi connectivity index (χ0v) is 14.0. The van der Waals surface area contributed by atoms with Gasteiger partial charge in [-0.3, -0.25) is 9.36 Å². The molecule has 0 amide bonds. The molecule has 0 radical (unpaired) electrons. The molecule has 3 aromatic rings. The Balaban J connectivity index is 1.66. The van der Waals surface area contributed by atoms with Crippen molar-refractivity contribution in [1.29, 1.82) is 0 Å². The summed E-state index contributed by atoms with van der Waals surface area (Å²) in [6.45, 7) is 5.99. The lowest BCUT2D eigenvalue weighted by atomic mass is 10.4. The van der Waals surface area contributed by atoms with E-state index in [2.05, 4.69) is 20.4 Å². The summed E-state index contributed by atoms with van der Waals surface area (Å²) in [5, 5.41) is 15.7. The van der Waals surface area contributed by atoms with Crippen LogP contribution >= 0.6 is 0 Å². The van der Waals surface area contributed by atoms with E-state index in [1.807, 2.05) is 24.6 Å². The molecule has 0 atom stereocenters. The highest BCUT2D eigenvalue weighted by molar-refractivity contribution is 5.12. The Morgan fingerprint density at radius 1 is 0.960 bits per heavy atom. The van der Waals surface area contributed by atoms with E-state index in [1.54, 1.807) is 6.92 Å². The van der Waals surface area contributed by atoms with E-state index in [0.717, 1.165) is 17.5 Å². The van der Waals surface area contributed by atoms with Crippen molar-refractivity contribution in [1.82, 2.24) is 29.8 Å². The number of aromatic nitrogens is 6. The lowest BCUT2D eigenvalue weighted by molar-refractivity contribution is -0.141. The summed E-state index contributed by atoms with van der Waals surface area (Å²) in [5.74, 6) is 0.617. The van der Waals surface area contributed by atoms with Gasteiger partial charge in [0.2, 0.25) is 11.8 Å². The van der Waals surface area contributed by atoms with E-state index in [9.17, 15) is 13.2 Å². The summed E-state index contributed by atoms with van der Waals surface area (Å²) in [6.07, 6.45) is -3.99. The summed E-state index contributed by atoms with van der Waals surface area (Å²) < 4.78 is 46.6. The fourth-order valence-electron chi connectivity index (χ4n) is 2.49. The molecule has 0 unspecified atom stereocenters. The van der Waals surface area contributed by atoms with Crippen LogP contribution in [0.25, 0.3) is 0 Å². The van der Waals surface area contributed by atoms with Crippen molar-refractivity contribution >= 4 is 0 Å². The highest BCUT2D eigenvalue weighted by Gasteiger charge is 2.34. The summed E-state index contributed by atoms with van der Waals surface area (Å²) in [6, 6.07) is 2.96. The summed E-state index contributed by atoms with van der Waals surface area (Å²) >= 11 is 0. The molecule has 0 aromatic carbocycles. The molecule has 134 valence electrons. The fourth-order valence-corrected chi connectivity index (χ4v) is 2.49. The first-order chi connectivity index (χ1) is 11.7. The van der Waals surface area contributed by atoms with Crippen LogP contribution in [-0.4, -0.2) is 29.8 Å². The zero-order chi connectivity index (χ0) is 18.2. The number of alkyl halides is 3. The first-order valence-electron chi connectivity index (χ1n) is 7.66. The molecule has 0 N–H and O–H groups in total. The summed E-state index contributed by atoms with van der Waals surface area (Å²) in [4.78, 5) is 0. The van der Waals surface area contributed by atoms with Crippen molar-refractivity contribution in [3.63, 3.8) is 0 Å². The van der Waals surface area contributed by atoms with Crippen LogP contribution in [0.15, 0.2) is 16.5 Å². The molecule has 0 saturated heterocycles. The van der Waals surface area contributed by atoms with Crippen LogP contribution in [0, 0.1) is 20.8 Å². The normalized spacial score (nSPS) is 12.1. The number of halogens is 3. The van der Waals surface area contributed by atoms with Gasteiger partial charge in [0.1, 0.15) is 6.54 Å². The van der Waals surface area contributed by atoms with Crippen LogP contribution in [0.4, 0.5) is 13.2 Å². The van der Waals surface area contributed by atoms with Crippen LogP contribution in [0.2, 0.25) is 0 Å². The first kappa shape index (κ1) is 17.2. The van der Waals surface area contributed by atoms with E-state index in [0.29, 0.717) is 24.6 Å². The molecular weight excluding hydrogens is 337 g/mol. The lowest BCUT2D eigenvalue weighted by Gasteiger charge is -2.02. The van der Waals surface area contributed by atoms with Gasteiger partial charge < -0.3 is 4.42 Å². The molecule has 3 aromatic heterocycles. The molecule has 25 heavy (non-hydrogen) atoms. The monoisotopic (exact) mass is 354 g/mol. The minimum atomic E-state index is -4.48. The van der Waals surface area contributed by atoms with Crippen LogP contribution in [0.5, 0.6) is 0 Å².